The summed E-state index contributed by atoms with van der Waals surface area (Å²) < 4.78 is 4.89. The van der Waals surface area contributed by atoms with E-state index in [9.17, 15) is 14.9 Å². The smallest absolute Gasteiger partial charge is 0.311 e. The summed E-state index contributed by atoms with van der Waals surface area (Å²) in [5.74, 6) is -0.369. The number of amides is 1. The zero-order valence-corrected chi connectivity index (χ0v) is 11.2. The highest BCUT2D eigenvalue weighted by Gasteiger charge is 2.18. The van der Waals surface area contributed by atoms with E-state index >= 15 is 0 Å². The van der Waals surface area contributed by atoms with Gasteiger partial charge in [0, 0.05) is 23.0 Å². The van der Waals surface area contributed by atoms with Crippen LogP contribution in [0.3, 0.4) is 0 Å². The molecule has 7 heteroatoms. The largest absolute Gasteiger partial charge is 0.490 e. The zero-order chi connectivity index (χ0) is 15.4. The van der Waals surface area contributed by atoms with Gasteiger partial charge in [0.15, 0.2) is 5.75 Å². The van der Waals surface area contributed by atoms with Crippen LogP contribution in [-0.2, 0) is 0 Å². The highest BCUT2D eigenvalue weighted by molar-refractivity contribution is 6.05. The molecule has 0 atom stereocenters. The van der Waals surface area contributed by atoms with E-state index in [1.807, 2.05) is 0 Å². The van der Waals surface area contributed by atoms with Gasteiger partial charge in [-0.25, -0.2) is 0 Å². The summed E-state index contributed by atoms with van der Waals surface area (Å²) in [7, 11) is 1.33. The Morgan fingerprint density at radius 3 is 2.67 bits per heavy atom. The lowest BCUT2D eigenvalue weighted by atomic mass is 10.1. The number of ether oxygens (including phenoxy) is 1. The first-order valence-corrected chi connectivity index (χ1v) is 6.00. The van der Waals surface area contributed by atoms with Crippen LogP contribution in [0.2, 0.25) is 0 Å². The first kappa shape index (κ1) is 14.3. The molecule has 0 aliphatic rings. The standard InChI is InChI=1S/C14H13N3O4/c1-21-13-6-5-9(7-12(13)17(19)20)14(18)16-11-4-2-3-10(15)8-11/h2-8H,15H2,1H3,(H,16,18). The average molecular weight is 287 g/mol. The number of nitrogens with one attached hydrogen (secondary N) is 1. The number of rotatable bonds is 4. The maximum atomic E-state index is 12.1. The Hall–Kier alpha value is -3.09. The van der Waals surface area contributed by atoms with Gasteiger partial charge in [-0.3, -0.25) is 14.9 Å². The SMILES string of the molecule is COc1ccc(C(=O)Nc2cccc(N)c2)cc1[N+](=O)[O-]. The van der Waals surface area contributed by atoms with E-state index in [1.54, 1.807) is 24.3 Å². The number of nitrogen functional groups attached to an aromatic ring is 1. The molecule has 0 aromatic heterocycles. The summed E-state index contributed by atoms with van der Waals surface area (Å²) in [5, 5.41) is 13.6. The maximum absolute atomic E-state index is 12.1. The fraction of sp³-hybridized carbons (Fsp3) is 0.0714. The molecule has 7 nitrogen and oxygen atoms in total. The van der Waals surface area contributed by atoms with E-state index in [0.29, 0.717) is 11.4 Å². The Kier molecular flexibility index (Phi) is 4.03. The van der Waals surface area contributed by atoms with Crippen LogP contribution in [0.15, 0.2) is 42.5 Å². The zero-order valence-electron chi connectivity index (χ0n) is 11.2. The highest BCUT2D eigenvalue weighted by Crippen LogP contribution is 2.27. The van der Waals surface area contributed by atoms with Gasteiger partial charge in [-0.2, -0.15) is 0 Å². The van der Waals surface area contributed by atoms with Crippen molar-refractivity contribution in [3.05, 3.63) is 58.1 Å². The fourth-order valence-electron chi connectivity index (χ4n) is 1.79. The number of nitrogens with two attached hydrogens (primary N) is 1. The van der Waals surface area contributed by atoms with Gasteiger partial charge in [0.1, 0.15) is 0 Å². The Balaban J connectivity index is 2.27. The molecule has 0 heterocycles. The lowest BCUT2D eigenvalue weighted by Crippen LogP contribution is -2.12. The second-order valence-electron chi connectivity index (χ2n) is 4.22. The monoisotopic (exact) mass is 287 g/mol. The Bertz CT molecular complexity index is 700. The molecule has 108 valence electrons. The molecule has 2 aromatic rings. The van der Waals surface area contributed by atoms with Crippen LogP contribution in [0.4, 0.5) is 17.1 Å². The van der Waals surface area contributed by atoms with Gasteiger partial charge in [0.05, 0.1) is 12.0 Å². The quantitative estimate of drug-likeness (QED) is 0.510. The van der Waals surface area contributed by atoms with Crippen LogP contribution in [0.5, 0.6) is 5.75 Å². The molecule has 0 saturated heterocycles. The van der Waals surface area contributed by atoms with Gasteiger partial charge in [-0.15, -0.1) is 0 Å². The molecular formula is C14H13N3O4. The molecule has 0 spiro atoms. The molecule has 0 bridgehead atoms. The maximum Gasteiger partial charge on any atom is 0.311 e. The van der Waals surface area contributed by atoms with Crippen molar-refractivity contribution in [2.45, 2.75) is 0 Å². The van der Waals surface area contributed by atoms with Gasteiger partial charge >= 0.3 is 5.69 Å². The van der Waals surface area contributed by atoms with Crippen molar-refractivity contribution in [3.8, 4) is 5.75 Å². The molecule has 2 rings (SSSR count). The van der Waals surface area contributed by atoms with E-state index in [0.717, 1.165) is 0 Å². The number of nitrogens with zero attached hydrogens (tertiary/aromatic N) is 1. The normalized spacial score (nSPS) is 9.95. The lowest BCUT2D eigenvalue weighted by Gasteiger charge is -2.07. The number of hydrogen-bond acceptors (Lipinski definition) is 5. The molecular weight excluding hydrogens is 274 g/mol. The van der Waals surface area contributed by atoms with Crippen LogP contribution in [-0.4, -0.2) is 17.9 Å². The molecule has 0 unspecified atom stereocenters. The lowest BCUT2D eigenvalue weighted by molar-refractivity contribution is -0.385. The van der Waals surface area contributed by atoms with E-state index in [-0.39, 0.29) is 17.0 Å². The predicted molar refractivity (Wildman–Crippen MR) is 78.5 cm³/mol. The van der Waals surface area contributed by atoms with Crippen molar-refractivity contribution in [2.24, 2.45) is 0 Å². The first-order valence-electron chi connectivity index (χ1n) is 6.00. The van der Waals surface area contributed by atoms with Crippen LogP contribution < -0.4 is 15.8 Å². The van der Waals surface area contributed by atoms with Gasteiger partial charge in [-0.05, 0) is 30.3 Å². The van der Waals surface area contributed by atoms with Crippen molar-refractivity contribution in [1.82, 2.24) is 0 Å². The second-order valence-corrected chi connectivity index (χ2v) is 4.22. The number of carbonyl (C=O) groups is 1. The Labute approximate surface area is 120 Å². The number of nitro groups is 1. The summed E-state index contributed by atoms with van der Waals surface area (Å²) in [6, 6.07) is 10.7. The van der Waals surface area contributed by atoms with E-state index in [2.05, 4.69) is 5.32 Å². The van der Waals surface area contributed by atoms with Crippen molar-refractivity contribution in [3.63, 3.8) is 0 Å². The van der Waals surface area contributed by atoms with Crippen molar-refractivity contribution < 1.29 is 14.5 Å². The number of anilines is 2. The van der Waals surface area contributed by atoms with Crippen LogP contribution in [0, 0.1) is 10.1 Å². The van der Waals surface area contributed by atoms with Crippen molar-refractivity contribution in [2.75, 3.05) is 18.2 Å². The second kappa shape index (κ2) is 5.91. The van der Waals surface area contributed by atoms with Crippen molar-refractivity contribution in [1.29, 1.82) is 0 Å². The Morgan fingerprint density at radius 1 is 1.29 bits per heavy atom. The van der Waals surface area contributed by atoms with Gasteiger partial charge in [0.25, 0.3) is 5.91 Å². The summed E-state index contributed by atoms with van der Waals surface area (Å²) in [4.78, 5) is 22.4. The first-order chi connectivity index (χ1) is 10.0. The predicted octanol–water partition coefficient (Wildman–Crippen LogP) is 2.44. The molecule has 0 fully saturated rings. The minimum atomic E-state index is -0.601. The van der Waals surface area contributed by atoms with E-state index in [1.165, 1.54) is 25.3 Å². The highest BCUT2D eigenvalue weighted by atomic mass is 16.6. The van der Waals surface area contributed by atoms with Crippen LogP contribution in [0.25, 0.3) is 0 Å². The topological polar surface area (TPSA) is 107 Å². The van der Waals surface area contributed by atoms with Crippen molar-refractivity contribution >= 4 is 23.0 Å². The van der Waals surface area contributed by atoms with E-state index in [4.69, 9.17) is 10.5 Å². The number of nitro benzene ring substituents is 1. The Morgan fingerprint density at radius 2 is 2.05 bits per heavy atom. The molecule has 1 amide bonds. The van der Waals surface area contributed by atoms with Gasteiger partial charge in [-0.1, -0.05) is 6.07 Å². The van der Waals surface area contributed by atoms with E-state index < -0.39 is 10.8 Å². The molecule has 0 aliphatic carbocycles. The molecule has 2 aromatic carbocycles. The summed E-state index contributed by atoms with van der Waals surface area (Å²) >= 11 is 0. The number of hydrogen-bond donors (Lipinski definition) is 2. The minimum absolute atomic E-state index is 0.0977. The third-order valence-electron chi connectivity index (χ3n) is 2.78. The van der Waals surface area contributed by atoms with Gasteiger partial charge in [0.2, 0.25) is 0 Å². The third-order valence-corrected chi connectivity index (χ3v) is 2.78. The van der Waals surface area contributed by atoms with Crippen LogP contribution >= 0.6 is 0 Å². The third kappa shape index (κ3) is 3.27. The fourth-order valence-corrected chi connectivity index (χ4v) is 1.79. The molecule has 0 aliphatic heterocycles. The number of methoxy groups -OCH3 is 1. The number of benzene rings is 2. The van der Waals surface area contributed by atoms with Gasteiger partial charge < -0.3 is 15.8 Å². The molecule has 0 radical (unpaired) electrons. The average Bonchev–Trinajstić information content (AvgIpc) is 2.46. The molecule has 3 N–H and O–H groups in total. The molecule has 21 heavy (non-hydrogen) atoms. The minimum Gasteiger partial charge on any atom is -0.490 e. The summed E-state index contributed by atoms with van der Waals surface area (Å²) in [5.41, 5.74) is 6.53. The molecule has 0 saturated carbocycles. The summed E-state index contributed by atoms with van der Waals surface area (Å²) in [6.45, 7) is 0. The number of carbonyl (C=O) groups excluding carboxylic acids is 1. The summed E-state index contributed by atoms with van der Waals surface area (Å²) in [6.07, 6.45) is 0. The van der Waals surface area contributed by atoms with Crippen LogP contribution in [0.1, 0.15) is 10.4 Å².